The van der Waals surface area contributed by atoms with Crippen molar-refractivity contribution in [3.05, 3.63) is 59.2 Å². The second kappa shape index (κ2) is 10.9. The molecular weight excluding hydrogens is 425 g/mol. The molecule has 0 heterocycles. The highest BCUT2D eigenvalue weighted by Crippen LogP contribution is 2.29. The minimum absolute atomic E-state index is 0.197. The van der Waals surface area contributed by atoms with Crippen molar-refractivity contribution < 1.29 is 32.2 Å². The van der Waals surface area contributed by atoms with Crippen molar-refractivity contribution in [1.82, 2.24) is 10.6 Å². The zero-order chi connectivity index (χ0) is 23.9. The molecular formula is C23H27F3N2O4. The molecule has 2 N–H and O–H groups in total. The van der Waals surface area contributed by atoms with Crippen LogP contribution in [0.3, 0.4) is 0 Å². The molecule has 0 aromatic heterocycles. The molecule has 6 nitrogen and oxygen atoms in total. The number of benzene rings is 2. The fourth-order valence-corrected chi connectivity index (χ4v) is 3.00. The molecule has 0 radical (unpaired) electrons. The Bertz CT molecular complexity index is 906. The number of halogens is 3. The van der Waals surface area contributed by atoms with Crippen molar-refractivity contribution in [3.8, 4) is 11.5 Å². The Kier molecular flexibility index (Phi) is 8.51. The van der Waals surface area contributed by atoms with E-state index in [1.807, 2.05) is 0 Å². The molecule has 9 heteroatoms. The molecule has 0 fully saturated rings. The number of carbonyl (C=O) groups is 2. The van der Waals surface area contributed by atoms with E-state index in [0.717, 1.165) is 12.1 Å². The predicted molar refractivity (Wildman–Crippen MR) is 114 cm³/mol. The summed E-state index contributed by atoms with van der Waals surface area (Å²) in [6.45, 7) is 3.81. The van der Waals surface area contributed by atoms with Crippen molar-refractivity contribution in [2.75, 3.05) is 20.8 Å². The van der Waals surface area contributed by atoms with E-state index in [9.17, 15) is 22.8 Å². The third kappa shape index (κ3) is 6.90. The molecule has 2 amide bonds. The average molecular weight is 452 g/mol. The molecule has 0 saturated heterocycles. The number of ether oxygens (including phenoxy) is 2. The van der Waals surface area contributed by atoms with E-state index in [-0.39, 0.29) is 23.9 Å². The summed E-state index contributed by atoms with van der Waals surface area (Å²) in [6.07, 6.45) is -4.03. The normalized spacial score (nSPS) is 12.2. The van der Waals surface area contributed by atoms with Gasteiger partial charge in [-0.3, -0.25) is 9.59 Å². The Balaban J connectivity index is 1.98. The smallest absolute Gasteiger partial charge is 0.416 e. The Morgan fingerprint density at radius 3 is 2.00 bits per heavy atom. The Morgan fingerprint density at radius 2 is 1.53 bits per heavy atom. The summed E-state index contributed by atoms with van der Waals surface area (Å²) in [4.78, 5) is 25.4. The summed E-state index contributed by atoms with van der Waals surface area (Å²) in [5.74, 6) is -0.153. The highest BCUT2D eigenvalue weighted by Gasteiger charge is 2.30. The highest BCUT2D eigenvalue weighted by atomic mass is 19.4. The van der Waals surface area contributed by atoms with Gasteiger partial charge in [-0.1, -0.05) is 26.0 Å². The molecule has 2 rings (SSSR count). The second-order valence-electron chi connectivity index (χ2n) is 7.53. The maximum absolute atomic E-state index is 12.7. The third-order valence-electron chi connectivity index (χ3n) is 4.84. The summed E-state index contributed by atoms with van der Waals surface area (Å²) >= 11 is 0. The first-order valence-electron chi connectivity index (χ1n) is 10.0. The average Bonchev–Trinajstić information content (AvgIpc) is 2.76. The molecule has 2 aromatic rings. The van der Waals surface area contributed by atoms with Crippen LogP contribution >= 0.6 is 0 Å². The van der Waals surface area contributed by atoms with Gasteiger partial charge in [0.1, 0.15) is 17.5 Å². The van der Waals surface area contributed by atoms with Crippen molar-refractivity contribution >= 4 is 11.8 Å². The summed E-state index contributed by atoms with van der Waals surface area (Å²) < 4.78 is 48.3. The van der Waals surface area contributed by atoms with Gasteiger partial charge >= 0.3 is 6.18 Å². The van der Waals surface area contributed by atoms with E-state index in [4.69, 9.17) is 9.47 Å². The second-order valence-corrected chi connectivity index (χ2v) is 7.53. The maximum Gasteiger partial charge on any atom is 0.416 e. The van der Waals surface area contributed by atoms with Gasteiger partial charge in [0.05, 0.1) is 19.8 Å². The lowest BCUT2D eigenvalue weighted by molar-refractivity contribution is -0.137. The van der Waals surface area contributed by atoms with E-state index >= 15 is 0 Å². The van der Waals surface area contributed by atoms with E-state index in [0.29, 0.717) is 23.5 Å². The molecule has 32 heavy (non-hydrogen) atoms. The SMILES string of the molecule is COc1cc(OC)cc(C(=O)NC(C(=O)NCCc2ccc(C(F)(F)F)cc2)C(C)C)c1. The number of nitrogens with one attached hydrogen (secondary N) is 2. The number of carbonyl (C=O) groups excluding carboxylic acids is 2. The van der Waals surface area contributed by atoms with Crippen molar-refractivity contribution in [3.63, 3.8) is 0 Å². The minimum atomic E-state index is -4.39. The van der Waals surface area contributed by atoms with Crippen LogP contribution in [-0.4, -0.2) is 38.6 Å². The van der Waals surface area contributed by atoms with Crippen LogP contribution in [0.4, 0.5) is 13.2 Å². The largest absolute Gasteiger partial charge is 0.497 e. The molecule has 174 valence electrons. The fourth-order valence-electron chi connectivity index (χ4n) is 3.00. The van der Waals surface area contributed by atoms with Crippen LogP contribution in [0.15, 0.2) is 42.5 Å². The van der Waals surface area contributed by atoms with Crippen LogP contribution in [0, 0.1) is 5.92 Å². The molecule has 1 atom stereocenters. The van der Waals surface area contributed by atoms with Gasteiger partial charge < -0.3 is 20.1 Å². The van der Waals surface area contributed by atoms with E-state index in [1.165, 1.54) is 38.5 Å². The first-order chi connectivity index (χ1) is 15.0. The van der Waals surface area contributed by atoms with Crippen LogP contribution in [0.1, 0.15) is 35.3 Å². The number of hydrogen-bond donors (Lipinski definition) is 2. The standard InChI is InChI=1S/C23H27F3N2O4/c1-14(2)20(28-21(29)16-11-18(31-3)13-19(12-16)32-4)22(30)27-10-9-15-5-7-17(8-6-15)23(24,25)26/h5-8,11-14,20H,9-10H2,1-4H3,(H,27,30)(H,28,29). The lowest BCUT2D eigenvalue weighted by Gasteiger charge is -2.22. The highest BCUT2D eigenvalue weighted by molar-refractivity contribution is 5.98. The summed E-state index contributed by atoms with van der Waals surface area (Å²) in [6, 6.07) is 8.69. The molecule has 0 bridgehead atoms. The van der Waals surface area contributed by atoms with Gasteiger partial charge in [-0.25, -0.2) is 0 Å². The number of hydrogen-bond acceptors (Lipinski definition) is 4. The quantitative estimate of drug-likeness (QED) is 0.606. The van der Waals surface area contributed by atoms with Crippen LogP contribution in [0.5, 0.6) is 11.5 Å². The maximum atomic E-state index is 12.7. The van der Waals surface area contributed by atoms with Gasteiger partial charge in [0.25, 0.3) is 5.91 Å². The molecule has 0 aliphatic carbocycles. The van der Waals surface area contributed by atoms with Crippen molar-refractivity contribution in [2.45, 2.75) is 32.5 Å². The van der Waals surface area contributed by atoms with E-state index < -0.39 is 23.7 Å². The lowest BCUT2D eigenvalue weighted by Crippen LogP contribution is -2.50. The number of amides is 2. The monoisotopic (exact) mass is 452 g/mol. The van der Waals surface area contributed by atoms with Gasteiger partial charge in [0.2, 0.25) is 5.91 Å². The molecule has 1 unspecified atom stereocenters. The van der Waals surface area contributed by atoms with Crippen LogP contribution in [0.25, 0.3) is 0 Å². The van der Waals surface area contributed by atoms with Crippen LogP contribution in [-0.2, 0) is 17.4 Å². The molecule has 0 saturated carbocycles. The Hall–Kier alpha value is -3.23. The van der Waals surface area contributed by atoms with Gasteiger partial charge in [0, 0.05) is 18.2 Å². The lowest BCUT2D eigenvalue weighted by atomic mass is 10.0. The zero-order valence-corrected chi connectivity index (χ0v) is 18.4. The summed E-state index contributed by atoms with van der Waals surface area (Å²) in [5.41, 5.74) is 0.221. The summed E-state index contributed by atoms with van der Waals surface area (Å²) in [5, 5.41) is 5.45. The first kappa shape index (κ1) is 25.0. The van der Waals surface area contributed by atoms with Gasteiger partial charge in [0.15, 0.2) is 0 Å². The van der Waals surface area contributed by atoms with Gasteiger partial charge in [-0.2, -0.15) is 13.2 Å². The van der Waals surface area contributed by atoms with Crippen molar-refractivity contribution in [1.29, 1.82) is 0 Å². The molecule has 2 aromatic carbocycles. The van der Waals surface area contributed by atoms with Gasteiger partial charge in [-0.15, -0.1) is 0 Å². The predicted octanol–water partition coefficient (Wildman–Crippen LogP) is 3.84. The van der Waals surface area contributed by atoms with Crippen LogP contribution < -0.4 is 20.1 Å². The molecule has 0 spiro atoms. The van der Waals surface area contributed by atoms with Crippen molar-refractivity contribution in [2.24, 2.45) is 5.92 Å². The summed E-state index contributed by atoms with van der Waals surface area (Å²) in [7, 11) is 2.94. The van der Waals surface area contributed by atoms with E-state index in [2.05, 4.69) is 10.6 Å². The Morgan fingerprint density at radius 1 is 0.969 bits per heavy atom. The van der Waals surface area contributed by atoms with Crippen LogP contribution in [0.2, 0.25) is 0 Å². The zero-order valence-electron chi connectivity index (χ0n) is 18.4. The minimum Gasteiger partial charge on any atom is -0.497 e. The third-order valence-corrected chi connectivity index (χ3v) is 4.84. The van der Waals surface area contributed by atoms with Gasteiger partial charge in [-0.05, 0) is 42.2 Å². The fraction of sp³-hybridized carbons (Fsp3) is 0.391. The number of rotatable bonds is 9. The molecule has 0 aliphatic rings. The number of alkyl halides is 3. The van der Waals surface area contributed by atoms with E-state index in [1.54, 1.807) is 19.9 Å². The first-order valence-corrected chi connectivity index (χ1v) is 10.0. The number of methoxy groups -OCH3 is 2. The molecule has 0 aliphatic heterocycles. The Labute approximate surface area is 185 Å². The topological polar surface area (TPSA) is 76.7 Å².